The highest BCUT2D eigenvalue weighted by molar-refractivity contribution is 5.82. The molecule has 0 radical (unpaired) electrons. The maximum Gasteiger partial charge on any atom is 0.237 e. The first-order valence-electron chi connectivity index (χ1n) is 6.04. The minimum atomic E-state index is -0.285. The van der Waals surface area contributed by atoms with Gasteiger partial charge in [-0.2, -0.15) is 4.98 Å². The van der Waals surface area contributed by atoms with Crippen LogP contribution in [0.5, 0.6) is 0 Å². The molecule has 1 fully saturated rings. The number of aromatic nitrogens is 2. The minimum absolute atomic E-state index is 0.0220. The minimum Gasteiger partial charge on any atom is -0.381 e. The molecular formula is C11H18N4O3. The Kier molecular flexibility index (Phi) is 4.27. The number of carbonyl (C=O) groups excluding carboxylic acids is 1. The molecule has 100 valence electrons. The summed E-state index contributed by atoms with van der Waals surface area (Å²) in [6.07, 6.45) is 1.07. The van der Waals surface area contributed by atoms with Crippen LogP contribution in [0.25, 0.3) is 0 Å². The molecule has 2 heterocycles. The van der Waals surface area contributed by atoms with E-state index in [0.29, 0.717) is 31.1 Å². The van der Waals surface area contributed by atoms with Gasteiger partial charge in [-0.05, 0) is 6.92 Å². The first-order chi connectivity index (χ1) is 8.69. The van der Waals surface area contributed by atoms with Gasteiger partial charge in [-0.15, -0.1) is 0 Å². The highest BCUT2D eigenvalue weighted by Gasteiger charge is 2.24. The normalized spacial score (nSPS) is 21.7. The van der Waals surface area contributed by atoms with Gasteiger partial charge in [-0.3, -0.25) is 4.79 Å². The predicted molar refractivity (Wildman–Crippen MR) is 63.0 cm³/mol. The summed E-state index contributed by atoms with van der Waals surface area (Å²) in [7, 11) is 1.64. The van der Waals surface area contributed by atoms with Crippen molar-refractivity contribution in [1.82, 2.24) is 20.8 Å². The lowest BCUT2D eigenvalue weighted by atomic mass is 10.1. The average molecular weight is 254 g/mol. The summed E-state index contributed by atoms with van der Waals surface area (Å²) >= 11 is 0. The standard InChI is InChI=1S/C11H18N4O3/c1-7(17-2)5-9-14-10(18-15-9)6-8-11(16)13-4-3-12-8/h7-8,12H,3-6H2,1-2H3,(H,13,16). The zero-order valence-electron chi connectivity index (χ0n) is 10.6. The highest BCUT2D eigenvalue weighted by Crippen LogP contribution is 2.06. The highest BCUT2D eigenvalue weighted by atomic mass is 16.5. The van der Waals surface area contributed by atoms with Gasteiger partial charge in [0.25, 0.3) is 0 Å². The molecule has 2 unspecified atom stereocenters. The van der Waals surface area contributed by atoms with E-state index in [1.165, 1.54) is 0 Å². The van der Waals surface area contributed by atoms with E-state index < -0.39 is 0 Å². The summed E-state index contributed by atoms with van der Waals surface area (Å²) in [6.45, 7) is 3.36. The van der Waals surface area contributed by atoms with E-state index in [9.17, 15) is 4.79 Å². The number of ether oxygens (including phenoxy) is 1. The molecule has 1 aromatic heterocycles. The molecule has 1 aromatic rings. The summed E-state index contributed by atoms with van der Waals surface area (Å²) in [4.78, 5) is 15.8. The Labute approximate surface area is 105 Å². The number of methoxy groups -OCH3 is 1. The van der Waals surface area contributed by atoms with Crippen LogP contribution in [-0.2, 0) is 22.4 Å². The number of nitrogens with zero attached hydrogens (tertiary/aromatic N) is 2. The van der Waals surface area contributed by atoms with Crippen molar-refractivity contribution >= 4 is 5.91 Å². The Morgan fingerprint density at radius 1 is 1.56 bits per heavy atom. The Morgan fingerprint density at radius 2 is 2.39 bits per heavy atom. The van der Waals surface area contributed by atoms with Crippen LogP contribution in [0.4, 0.5) is 0 Å². The fourth-order valence-electron chi connectivity index (χ4n) is 1.78. The van der Waals surface area contributed by atoms with Crippen LogP contribution in [0.15, 0.2) is 4.52 Å². The van der Waals surface area contributed by atoms with Gasteiger partial charge in [0.15, 0.2) is 5.82 Å². The number of hydrogen-bond donors (Lipinski definition) is 2. The van der Waals surface area contributed by atoms with Crippen LogP contribution < -0.4 is 10.6 Å². The van der Waals surface area contributed by atoms with Crippen LogP contribution in [0, 0.1) is 0 Å². The van der Waals surface area contributed by atoms with Crippen LogP contribution in [0.2, 0.25) is 0 Å². The number of carbonyl (C=O) groups is 1. The van der Waals surface area contributed by atoms with Crippen molar-refractivity contribution in [2.75, 3.05) is 20.2 Å². The van der Waals surface area contributed by atoms with E-state index in [0.717, 1.165) is 6.54 Å². The van der Waals surface area contributed by atoms with Crippen molar-refractivity contribution < 1.29 is 14.1 Å². The summed E-state index contributed by atoms with van der Waals surface area (Å²) < 4.78 is 10.3. The SMILES string of the molecule is COC(C)Cc1noc(CC2NCCNC2=O)n1. The third-order valence-electron chi connectivity index (χ3n) is 2.89. The van der Waals surface area contributed by atoms with Crippen molar-refractivity contribution in [2.24, 2.45) is 0 Å². The third kappa shape index (κ3) is 3.27. The van der Waals surface area contributed by atoms with Crippen LogP contribution in [0.1, 0.15) is 18.6 Å². The number of hydrogen-bond acceptors (Lipinski definition) is 6. The predicted octanol–water partition coefficient (Wildman–Crippen LogP) is -0.722. The Hall–Kier alpha value is -1.47. The number of nitrogens with one attached hydrogen (secondary N) is 2. The van der Waals surface area contributed by atoms with Gasteiger partial charge in [0.2, 0.25) is 11.8 Å². The van der Waals surface area contributed by atoms with Crippen LogP contribution >= 0.6 is 0 Å². The van der Waals surface area contributed by atoms with Gasteiger partial charge in [-0.25, -0.2) is 0 Å². The summed E-state index contributed by atoms with van der Waals surface area (Å²) in [5.41, 5.74) is 0. The molecule has 7 heteroatoms. The van der Waals surface area contributed by atoms with E-state index >= 15 is 0 Å². The topological polar surface area (TPSA) is 89.3 Å². The smallest absolute Gasteiger partial charge is 0.237 e. The van der Waals surface area contributed by atoms with Crippen LogP contribution in [0.3, 0.4) is 0 Å². The Morgan fingerprint density at radius 3 is 3.11 bits per heavy atom. The van der Waals surface area contributed by atoms with Crippen molar-refractivity contribution in [3.63, 3.8) is 0 Å². The molecule has 2 atom stereocenters. The fourth-order valence-corrected chi connectivity index (χ4v) is 1.78. The average Bonchev–Trinajstić information content (AvgIpc) is 2.79. The lowest BCUT2D eigenvalue weighted by Crippen LogP contribution is -2.53. The molecule has 0 bridgehead atoms. The summed E-state index contributed by atoms with van der Waals surface area (Å²) in [5.74, 6) is 1.06. The van der Waals surface area contributed by atoms with E-state index in [2.05, 4.69) is 20.8 Å². The molecule has 1 saturated heterocycles. The van der Waals surface area contributed by atoms with Gasteiger partial charge < -0.3 is 19.9 Å². The molecule has 0 aromatic carbocycles. The molecule has 7 nitrogen and oxygen atoms in total. The monoisotopic (exact) mass is 254 g/mol. The number of amides is 1. The fraction of sp³-hybridized carbons (Fsp3) is 0.727. The quantitative estimate of drug-likeness (QED) is 0.720. The van der Waals surface area contributed by atoms with Crippen LogP contribution in [-0.4, -0.2) is 48.4 Å². The maximum atomic E-state index is 11.5. The van der Waals surface area contributed by atoms with Gasteiger partial charge in [0, 0.05) is 26.6 Å². The molecule has 2 N–H and O–H groups in total. The zero-order valence-corrected chi connectivity index (χ0v) is 10.6. The number of rotatable bonds is 5. The van der Waals surface area contributed by atoms with E-state index in [1.54, 1.807) is 7.11 Å². The second kappa shape index (κ2) is 5.92. The lowest BCUT2D eigenvalue weighted by molar-refractivity contribution is -0.124. The maximum absolute atomic E-state index is 11.5. The third-order valence-corrected chi connectivity index (χ3v) is 2.89. The lowest BCUT2D eigenvalue weighted by Gasteiger charge is -2.21. The molecule has 0 saturated carbocycles. The van der Waals surface area contributed by atoms with E-state index in [-0.39, 0.29) is 18.1 Å². The molecule has 18 heavy (non-hydrogen) atoms. The molecular weight excluding hydrogens is 236 g/mol. The zero-order chi connectivity index (χ0) is 13.0. The number of piperazine rings is 1. The van der Waals surface area contributed by atoms with E-state index in [1.807, 2.05) is 6.92 Å². The van der Waals surface area contributed by atoms with E-state index in [4.69, 9.17) is 9.26 Å². The molecule has 2 rings (SSSR count). The molecule has 1 aliphatic heterocycles. The van der Waals surface area contributed by atoms with Gasteiger partial charge in [0.05, 0.1) is 18.6 Å². The summed E-state index contributed by atoms with van der Waals surface area (Å²) in [5, 5.41) is 9.77. The molecule has 1 aliphatic rings. The van der Waals surface area contributed by atoms with Crippen molar-refractivity contribution in [1.29, 1.82) is 0 Å². The summed E-state index contributed by atoms with van der Waals surface area (Å²) in [6, 6.07) is -0.285. The second-order valence-corrected chi connectivity index (χ2v) is 4.36. The first kappa shape index (κ1) is 13.0. The van der Waals surface area contributed by atoms with Gasteiger partial charge in [-0.1, -0.05) is 5.16 Å². The molecule has 1 amide bonds. The Balaban J connectivity index is 1.91. The Bertz CT molecular complexity index is 407. The first-order valence-corrected chi connectivity index (χ1v) is 6.04. The molecule has 0 spiro atoms. The van der Waals surface area contributed by atoms with Crippen molar-refractivity contribution in [3.05, 3.63) is 11.7 Å². The largest absolute Gasteiger partial charge is 0.381 e. The second-order valence-electron chi connectivity index (χ2n) is 4.36. The van der Waals surface area contributed by atoms with Crippen molar-refractivity contribution in [3.8, 4) is 0 Å². The van der Waals surface area contributed by atoms with Gasteiger partial charge in [0.1, 0.15) is 0 Å². The van der Waals surface area contributed by atoms with Gasteiger partial charge >= 0.3 is 0 Å². The van der Waals surface area contributed by atoms with Crippen molar-refractivity contribution in [2.45, 2.75) is 31.9 Å². The molecule has 0 aliphatic carbocycles.